The number of hydrogen-bond donors (Lipinski definition) is 1. The van der Waals surface area contributed by atoms with Crippen LogP contribution in [-0.4, -0.2) is 27.5 Å². The van der Waals surface area contributed by atoms with Gasteiger partial charge < -0.3 is 10.1 Å². The quantitative estimate of drug-likeness (QED) is 0.214. The van der Waals surface area contributed by atoms with Gasteiger partial charge in [0.15, 0.2) is 0 Å². The average molecular weight is 563 g/mol. The number of sulfonamides is 1. The lowest BCUT2D eigenvalue weighted by Gasteiger charge is -2.27. The first-order valence-electron chi connectivity index (χ1n) is 12.7. The average Bonchev–Trinajstić information content (AvgIpc) is 2.95. The second-order valence-corrected chi connectivity index (χ2v) is 11.4. The minimum atomic E-state index is -4.01. The van der Waals surface area contributed by atoms with Crippen LogP contribution >= 0.6 is 11.6 Å². The lowest BCUT2D eigenvalue weighted by atomic mass is 10.1. The van der Waals surface area contributed by atoms with Crippen molar-refractivity contribution in [1.82, 2.24) is 5.32 Å². The summed E-state index contributed by atoms with van der Waals surface area (Å²) in [5.41, 5.74) is 3.42. The molecule has 1 N–H and O–H groups in total. The summed E-state index contributed by atoms with van der Waals surface area (Å²) in [7, 11) is -4.01. The molecule has 4 rings (SSSR count). The normalized spacial score (nSPS) is 11.2. The van der Waals surface area contributed by atoms with E-state index in [0.717, 1.165) is 23.3 Å². The van der Waals surface area contributed by atoms with Gasteiger partial charge in [-0.25, -0.2) is 8.42 Å². The van der Waals surface area contributed by atoms with Crippen LogP contribution in [0.4, 0.5) is 5.69 Å². The van der Waals surface area contributed by atoms with Crippen molar-refractivity contribution in [2.45, 2.75) is 31.7 Å². The Labute approximate surface area is 235 Å². The van der Waals surface area contributed by atoms with Crippen molar-refractivity contribution in [3.8, 4) is 5.75 Å². The van der Waals surface area contributed by atoms with Gasteiger partial charge in [-0.15, -0.1) is 0 Å². The summed E-state index contributed by atoms with van der Waals surface area (Å²) < 4.78 is 34.8. The third kappa shape index (κ3) is 7.19. The first-order valence-corrected chi connectivity index (χ1v) is 14.5. The van der Waals surface area contributed by atoms with Crippen LogP contribution in [0.2, 0.25) is 5.02 Å². The van der Waals surface area contributed by atoms with Crippen LogP contribution in [0.5, 0.6) is 5.75 Å². The van der Waals surface area contributed by atoms with E-state index in [1.165, 1.54) is 9.87 Å². The first kappa shape index (κ1) is 28.2. The van der Waals surface area contributed by atoms with Crippen molar-refractivity contribution < 1.29 is 17.9 Å². The molecule has 0 heterocycles. The van der Waals surface area contributed by atoms with Gasteiger partial charge in [0.2, 0.25) is 0 Å². The van der Waals surface area contributed by atoms with E-state index in [4.69, 9.17) is 16.3 Å². The predicted molar refractivity (Wildman–Crippen MR) is 156 cm³/mol. The Kier molecular flexibility index (Phi) is 9.28. The van der Waals surface area contributed by atoms with E-state index in [0.29, 0.717) is 5.02 Å². The standard InChI is InChI=1S/C31H31ClN2O4S/c1-3-24-12-16-27(17-13-24)38-21-20-33-31(35)29-6-4-5-7-30(29)34(22-25-10-14-26(32)15-11-25)39(36,37)28-18-8-23(2)9-19-28/h4-19H,3,20-22H2,1-2H3,(H,33,35). The van der Waals surface area contributed by atoms with E-state index < -0.39 is 15.9 Å². The molecule has 8 heteroatoms. The van der Waals surface area contributed by atoms with Crippen LogP contribution in [0.3, 0.4) is 0 Å². The molecule has 0 saturated carbocycles. The number of aryl methyl sites for hydroxylation is 2. The molecule has 0 radical (unpaired) electrons. The fraction of sp³-hybridized carbons (Fsp3) is 0.194. The van der Waals surface area contributed by atoms with Gasteiger partial charge in [-0.05, 0) is 73.0 Å². The van der Waals surface area contributed by atoms with E-state index >= 15 is 0 Å². The molecule has 0 bridgehead atoms. The van der Waals surface area contributed by atoms with Gasteiger partial charge in [0.05, 0.1) is 29.2 Å². The molecule has 1 amide bonds. The number of para-hydroxylation sites is 1. The SMILES string of the molecule is CCc1ccc(OCCNC(=O)c2ccccc2N(Cc2ccc(Cl)cc2)S(=O)(=O)c2ccc(C)cc2)cc1. The molecule has 0 spiro atoms. The number of halogens is 1. The molecule has 0 atom stereocenters. The van der Waals surface area contributed by atoms with Gasteiger partial charge in [-0.1, -0.05) is 72.6 Å². The maximum atomic E-state index is 13.9. The van der Waals surface area contributed by atoms with Gasteiger partial charge in [-0.2, -0.15) is 0 Å². The molecule has 6 nitrogen and oxygen atoms in total. The summed E-state index contributed by atoms with van der Waals surface area (Å²) in [6, 6.07) is 28.1. The van der Waals surface area contributed by atoms with Gasteiger partial charge in [0.1, 0.15) is 12.4 Å². The van der Waals surface area contributed by atoms with Crippen molar-refractivity contribution in [3.63, 3.8) is 0 Å². The molecule has 0 fully saturated rings. The summed E-state index contributed by atoms with van der Waals surface area (Å²) in [6.45, 7) is 4.53. The molecule has 0 aliphatic rings. The molecule has 0 aromatic heterocycles. The Morgan fingerprint density at radius 2 is 1.51 bits per heavy atom. The molecule has 4 aromatic carbocycles. The molecule has 0 unspecified atom stereocenters. The van der Waals surface area contributed by atoms with Crippen molar-refractivity contribution in [2.75, 3.05) is 17.5 Å². The van der Waals surface area contributed by atoms with Crippen molar-refractivity contribution in [1.29, 1.82) is 0 Å². The van der Waals surface area contributed by atoms with Gasteiger partial charge in [-0.3, -0.25) is 9.10 Å². The Bertz CT molecular complexity index is 1500. The van der Waals surface area contributed by atoms with E-state index in [-0.39, 0.29) is 35.8 Å². The predicted octanol–water partition coefficient (Wildman–Crippen LogP) is 6.42. The number of ether oxygens (including phenoxy) is 1. The highest BCUT2D eigenvalue weighted by molar-refractivity contribution is 7.92. The number of hydrogen-bond acceptors (Lipinski definition) is 4. The van der Waals surface area contributed by atoms with Crippen molar-refractivity contribution in [3.05, 3.63) is 124 Å². The maximum absolute atomic E-state index is 13.9. The molecule has 202 valence electrons. The zero-order valence-corrected chi connectivity index (χ0v) is 23.5. The first-order chi connectivity index (χ1) is 18.8. The van der Waals surface area contributed by atoms with Gasteiger partial charge in [0.25, 0.3) is 15.9 Å². The Balaban J connectivity index is 1.57. The summed E-state index contributed by atoms with van der Waals surface area (Å²) in [4.78, 5) is 13.4. The number of nitrogens with one attached hydrogen (secondary N) is 1. The number of amides is 1. The number of benzene rings is 4. The second kappa shape index (κ2) is 12.8. The number of carbonyl (C=O) groups is 1. The number of anilines is 1. The minimum Gasteiger partial charge on any atom is -0.492 e. The minimum absolute atomic E-state index is 0.0224. The highest BCUT2D eigenvalue weighted by atomic mass is 35.5. The molecule has 0 aliphatic carbocycles. The lowest BCUT2D eigenvalue weighted by Crippen LogP contribution is -2.34. The monoisotopic (exact) mass is 562 g/mol. The van der Waals surface area contributed by atoms with E-state index in [2.05, 4.69) is 12.2 Å². The molecular formula is C31H31ClN2O4S. The van der Waals surface area contributed by atoms with Crippen molar-refractivity contribution in [2.24, 2.45) is 0 Å². The highest BCUT2D eigenvalue weighted by Crippen LogP contribution is 2.30. The molecule has 0 aliphatic heterocycles. The Hall–Kier alpha value is -3.81. The largest absolute Gasteiger partial charge is 0.492 e. The second-order valence-electron chi connectivity index (χ2n) is 9.07. The summed E-state index contributed by atoms with van der Waals surface area (Å²) in [5.74, 6) is 0.330. The van der Waals surface area contributed by atoms with E-state index in [1.54, 1.807) is 72.8 Å². The topological polar surface area (TPSA) is 75.7 Å². The van der Waals surface area contributed by atoms with Crippen LogP contribution in [-0.2, 0) is 23.0 Å². The Morgan fingerprint density at radius 1 is 0.872 bits per heavy atom. The number of rotatable bonds is 11. The fourth-order valence-corrected chi connectivity index (χ4v) is 5.62. The van der Waals surface area contributed by atoms with Crippen LogP contribution in [0.25, 0.3) is 0 Å². The van der Waals surface area contributed by atoms with E-state index in [9.17, 15) is 13.2 Å². The number of nitrogens with zero attached hydrogens (tertiary/aromatic N) is 1. The van der Waals surface area contributed by atoms with Gasteiger partial charge in [0, 0.05) is 5.02 Å². The summed E-state index contributed by atoms with van der Waals surface area (Å²) >= 11 is 6.05. The molecule has 4 aromatic rings. The maximum Gasteiger partial charge on any atom is 0.264 e. The fourth-order valence-electron chi connectivity index (χ4n) is 4.03. The molecule has 0 saturated heterocycles. The van der Waals surface area contributed by atoms with Crippen LogP contribution in [0.1, 0.15) is 34.0 Å². The lowest BCUT2D eigenvalue weighted by molar-refractivity contribution is 0.0947. The van der Waals surface area contributed by atoms with E-state index in [1.807, 2.05) is 31.2 Å². The zero-order valence-electron chi connectivity index (χ0n) is 21.9. The zero-order chi connectivity index (χ0) is 27.8. The van der Waals surface area contributed by atoms with Gasteiger partial charge >= 0.3 is 0 Å². The third-order valence-electron chi connectivity index (χ3n) is 6.25. The third-order valence-corrected chi connectivity index (χ3v) is 8.28. The Morgan fingerprint density at radius 3 is 2.18 bits per heavy atom. The molecular weight excluding hydrogens is 532 g/mol. The number of carbonyl (C=O) groups excluding carboxylic acids is 1. The van der Waals surface area contributed by atoms with Crippen molar-refractivity contribution >= 4 is 33.2 Å². The molecule has 39 heavy (non-hydrogen) atoms. The van der Waals surface area contributed by atoms with Crippen LogP contribution < -0.4 is 14.4 Å². The van der Waals surface area contributed by atoms with Crippen LogP contribution in [0, 0.1) is 6.92 Å². The smallest absolute Gasteiger partial charge is 0.264 e. The summed E-state index contributed by atoms with van der Waals surface area (Å²) in [5, 5.41) is 3.41. The van der Waals surface area contributed by atoms with Crippen LogP contribution in [0.15, 0.2) is 102 Å². The summed E-state index contributed by atoms with van der Waals surface area (Å²) in [6.07, 6.45) is 0.949. The highest BCUT2D eigenvalue weighted by Gasteiger charge is 2.28.